The molecule has 0 aliphatic carbocycles. The summed E-state index contributed by atoms with van der Waals surface area (Å²) < 4.78 is 0. The molecule has 1 aromatic rings. The lowest BCUT2D eigenvalue weighted by molar-refractivity contribution is -0.128. The van der Waals surface area contributed by atoms with Gasteiger partial charge in [-0.15, -0.1) is 35.3 Å². The quantitative estimate of drug-likeness (QED) is 0.243. The van der Waals surface area contributed by atoms with Gasteiger partial charge in [-0.1, -0.05) is 20.8 Å². The lowest BCUT2D eigenvalue weighted by atomic mass is 9.96. The van der Waals surface area contributed by atoms with Crippen LogP contribution < -0.4 is 16.0 Å². The van der Waals surface area contributed by atoms with Gasteiger partial charge in [0.25, 0.3) is 0 Å². The first kappa shape index (κ1) is 24.2. The second kappa shape index (κ2) is 11.7. The van der Waals surface area contributed by atoms with Gasteiger partial charge in [-0.3, -0.25) is 9.79 Å². The lowest BCUT2D eigenvalue weighted by Crippen LogP contribution is -2.43. The Bertz CT molecular complexity index is 552. The van der Waals surface area contributed by atoms with Gasteiger partial charge in [-0.2, -0.15) is 0 Å². The molecule has 0 saturated heterocycles. The Kier molecular flexibility index (Phi) is 11.3. The minimum atomic E-state index is -0.361. The second-order valence-electron chi connectivity index (χ2n) is 7.03. The maximum Gasteiger partial charge on any atom is 0.225 e. The van der Waals surface area contributed by atoms with Crippen molar-refractivity contribution in [1.29, 1.82) is 0 Å². The monoisotopic (exact) mass is 480 g/mol. The van der Waals surface area contributed by atoms with Crippen molar-refractivity contribution in [3.8, 4) is 0 Å². The van der Waals surface area contributed by atoms with E-state index in [0.717, 1.165) is 18.9 Å². The molecule has 25 heavy (non-hydrogen) atoms. The van der Waals surface area contributed by atoms with Crippen molar-refractivity contribution in [3.05, 3.63) is 21.9 Å². The van der Waals surface area contributed by atoms with Crippen LogP contribution in [0.1, 0.15) is 44.4 Å². The van der Waals surface area contributed by atoms with Gasteiger partial charge in [0.2, 0.25) is 5.91 Å². The standard InChI is InChI=1S/C18H32N4OS.HI/c1-7-19-17(21-11-10-20-16(23)18(4,5)6)22-13(2)12-15-9-8-14(3)24-15;/h8-9,13H,7,10-12H2,1-6H3,(H,20,23)(H2,19,21,22);1H. The van der Waals surface area contributed by atoms with Crippen LogP contribution in [-0.4, -0.2) is 37.5 Å². The van der Waals surface area contributed by atoms with E-state index in [1.54, 1.807) is 0 Å². The number of carbonyl (C=O) groups excluding carboxylic acids is 1. The molecule has 7 heteroatoms. The number of halogens is 1. The van der Waals surface area contributed by atoms with E-state index in [-0.39, 0.29) is 35.3 Å². The zero-order chi connectivity index (χ0) is 18.2. The van der Waals surface area contributed by atoms with Gasteiger partial charge in [0, 0.05) is 40.7 Å². The molecule has 0 radical (unpaired) electrons. The van der Waals surface area contributed by atoms with Crippen molar-refractivity contribution in [1.82, 2.24) is 16.0 Å². The average molecular weight is 480 g/mol. The molecule has 0 spiro atoms. The maximum absolute atomic E-state index is 11.8. The van der Waals surface area contributed by atoms with E-state index < -0.39 is 0 Å². The van der Waals surface area contributed by atoms with E-state index in [1.165, 1.54) is 9.75 Å². The fraction of sp³-hybridized carbons (Fsp3) is 0.667. The summed E-state index contributed by atoms with van der Waals surface area (Å²) in [7, 11) is 0. The number of hydrogen-bond donors (Lipinski definition) is 3. The summed E-state index contributed by atoms with van der Waals surface area (Å²) in [6.45, 7) is 14.0. The van der Waals surface area contributed by atoms with Crippen LogP contribution in [0.2, 0.25) is 0 Å². The Labute approximate surface area is 173 Å². The van der Waals surface area contributed by atoms with Crippen LogP contribution in [0.4, 0.5) is 0 Å². The predicted octanol–water partition coefficient (Wildman–Crippen LogP) is 3.32. The fourth-order valence-corrected chi connectivity index (χ4v) is 3.12. The Morgan fingerprint density at radius 1 is 1.28 bits per heavy atom. The fourth-order valence-electron chi connectivity index (χ4n) is 2.10. The molecule has 1 amide bonds. The van der Waals surface area contributed by atoms with Crippen LogP contribution in [0.15, 0.2) is 17.1 Å². The third kappa shape index (κ3) is 10.0. The molecule has 3 N–H and O–H groups in total. The molecule has 144 valence electrons. The summed E-state index contributed by atoms with van der Waals surface area (Å²) in [6.07, 6.45) is 0.976. The highest BCUT2D eigenvalue weighted by Crippen LogP contribution is 2.16. The molecular formula is C18H33IN4OS. The van der Waals surface area contributed by atoms with Crippen molar-refractivity contribution in [2.75, 3.05) is 19.6 Å². The third-order valence-corrected chi connectivity index (χ3v) is 4.40. The summed E-state index contributed by atoms with van der Waals surface area (Å²) >= 11 is 1.84. The zero-order valence-corrected chi connectivity index (χ0v) is 19.4. The van der Waals surface area contributed by atoms with Crippen LogP contribution in [0.25, 0.3) is 0 Å². The number of thiophene rings is 1. The molecule has 0 saturated carbocycles. The maximum atomic E-state index is 11.8. The SMILES string of the molecule is CCNC(=NCCNC(=O)C(C)(C)C)NC(C)Cc1ccc(C)s1.I. The number of carbonyl (C=O) groups is 1. The number of guanidine groups is 1. The average Bonchev–Trinajstić information content (AvgIpc) is 2.87. The van der Waals surface area contributed by atoms with Gasteiger partial charge in [0.15, 0.2) is 5.96 Å². The summed E-state index contributed by atoms with van der Waals surface area (Å²) in [5.74, 6) is 0.848. The highest BCUT2D eigenvalue weighted by molar-refractivity contribution is 14.0. The van der Waals surface area contributed by atoms with Crippen LogP contribution in [0, 0.1) is 12.3 Å². The molecule has 5 nitrogen and oxygen atoms in total. The zero-order valence-electron chi connectivity index (χ0n) is 16.2. The Morgan fingerprint density at radius 2 is 1.96 bits per heavy atom. The lowest BCUT2D eigenvalue weighted by Gasteiger charge is -2.18. The minimum absolute atomic E-state index is 0. The molecule has 0 fully saturated rings. The van der Waals surface area contributed by atoms with Gasteiger partial charge < -0.3 is 16.0 Å². The topological polar surface area (TPSA) is 65.5 Å². The number of nitrogens with zero attached hydrogens (tertiary/aromatic N) is 1. The summed E-state index contributed by atoms with van der Waals surface area (Å²) in [4.78, 5) is 19.1. The molecule has 0 aliphatic heterocycles. The van der Waals surface area contributed by atoms with E-state index in [9.17, 15) is 4.79 Å². The molecule has 1 rings (SSSR count). The second-order valence-corrected chi connectivity index (χ2v) is 8.40. The highest BCUT2D eigenvalue weighted by atomic mass is 127. The highest BCUT2D eigenvalue weighted by Gasteiger charge is 2.20. The van der Waals surface area contributed by atoms with E-state index in [1.807, 2.05) is 39.0 Å². The minimum Gasteiger partial charge on any atom is -0.357 e. The molecule has 0 aromatic carbocycles. The molecule has 1 unspecified atom stereocenters. The number of rotatable bonds is 7. The smallest absolute Gasteiger partial charge is 0.225 e. The van der Waals surface area contributed by atoms with Crippen molar-refractivity contribution < 1.29 is 4.79 Å². The van der Waals surface area contributed by atoms with Crippen LogP contribution >= 0.6 is 35.3 Å². The number of aryl methyl sites for hydroxylation is 1. The predicted molar refractivity (Wildman–Crippen MR) is 119 cm³/mol. The van der Waals surface area contributed by atoms with Crippen LogP contribution in [-0.2, 0) is 11.2 Å². The van der Waals surface area contributed by atoms with Gasteiger partial charge >= 0.3 is 0 Å². The number of aliphatic imine (C=N–C) groups is 1. The Hall–Kier alpha value is -0.830. The molecule has 1 atom stereocenters. The van der Waals surface area contributed by atoms with Gasteiger partial charge in [0.05, 0.1) is 6.54 Å². The van der Waals surface area contributed by atoms with Gasteiger partial charge in [-0.25, -0.2) is 0 Å². The molecule has 1 aromatic heterocycles. The molecule has 0 bridgehead atoms. The summed E-state index contributed by atoms with van der Waals surface area (Å²) in [6, 6.07) is 4.64. The number of hydrogen-bond acceptors (Lipinski definition) is 3. The number of nitrogens with one attached hydrogen (secondary N) is 3. The van der Waals surface area contributed by atoms with Crippen molar-refractivity contribution in [3.63, 3.8) is 0 Å². The molecule has 0 aliphatic rings. The summed E-state index contributed by atoms with van der Waals surface area (Å²) in [5, 5.41) is 9.60. The number of amides is 1. The van der Waals surface area contributed by atoms with Gasteiger partial charge in [0.1, 0.15) is 0 Å². The third-order valence-electron chi connectivity index (χ3n) is 3.38. The van der Waals surface area contributed by atoms with E-state index >= 15 is 0 Å². The van der Waals surface area contributed by atoms with Crippen molar-refractivity contribution >= 4 is 47.2 Å². The van der Waals surface area contributed by atoms with Crippen LogP contribution in [0.5, 0.6) is 0 Å². The summed E-state index contributed by atoms with van der Waals surface area (Å²) in [5.41, 5.74) is -0.361. The first-order chi connectivity index (χ1) is 11.2. The van der Waals surface area contributed by atoms with Crippen molar-refractivity contribution in [2.45, 2.75) is 54.0 Å². The van der Waals surface area contributed by atoms with E-state index in [2.05, 4.69) is 46.9 Å². The first-order valence-electron chi connectivity index (χ1n) is 8.60. The van der Waals surface area contributed by atoms with Crippen LogP contribution in [0.3, 0.4) is 0 Å². The normalized spacial score (nSPS) is 13.0. The first-order valence-corrected chi connectivity index (χ1v) is 9.42. The van der Waals surface area contributed by atoms with Crippen molar-refractivity contribution in [2.24, 2.45) is 10.4 Å². The Balaban J connectivity index is 0.00000576. The van der Waals surface area contributed by atoms with E-state index in [0.29, 0.717) is 19.1 Å². The molecule has 1 heterocycles. The Morgan fingerprint density at radius 3 is 2.48 bits per heavy atom. The van der Waals surface area contributed by atoms with Gasteiger partial charge in [-0.05, 0) is 32.9 Å². The van der Waals surface area contributed by atoms with E-state index in [4.69, 9.17) is 0 Å². The largest absolute Gasteiger partial charge is 0.357 e. The molecular weight excluding hydrogens is 447 g/mol.